The summed E-state index contributed by atoms with van der Waals surface area (Å²) in [7, 11) is 0. The molecule has 14 heavy (non-hydrogen) atoms. The normalized spacial score (nSPS) is 26.7. The van der Waals surface area contributed by atoms with Crippen LogP contribution in [-0.2, 0) is 0 Å². The topological polar surface area (TPSA) is 37.8 Å². The van der Waals surface area contributed by atoms with E-state index in [1.54, 1.807) is 11.3 Å². The van der Waals surface area contributed by atoms with Gasteiger partial charge in [-0.1, -0.05) is 11.3 Å². The summed E-state index contributed by atoms with van der Waals surface area (Å²) in [6, 6.07) is 0.590. The molecule has 2 atom stereocenters. The Kier molecular flexibility index (Phi) is 3.67. The third kappa shape index (κ3) is 2.61. The van der Waals surface area contributed by atoms with Crippen molar-refractivity contribution in [3.05, 3.63) is 3.92 Å². The van der Waals surface area contributed by atoms with Gasteiger partial charge in [0, 0.05) is 11.3 Å². The summed E-state index contributed by atoms with van der Waals surface area (Å²) in [4.78, 5) is 0. The molecular weight excluding hydrogens is 282 g/mol. The monoisotopic (exact) mass is 293 g/mol. The van der Waals surface area contributed by atoms with E-state index < -0.39 is 0 Å². The molecular formula is C8H12BrN3S2. The van der Waals surface area contributed by atoms with Crippen LogP contribution in [0.15, 0.2) is 3.92 Å². The van der Waals surface area contributed by atoms with Crippen LogP contribution < -0.4 is 5.32 Å². The molecule has 1 N–H and O–H groups in total. The Labute approximate surface area is 100 Å². The zero-order chi connectivity index (χ0) is 9.97. The first-order valence-electron chi connectivity index (χ1n) is 4.56. The van der Waals surface area contributed by atoms with Gasteiger partial charge in [0.25, 0.3) is 0 Å². The predicted molar refractivity (Wildman–Crippen MR) is 66.2 cm³/mol. The molecule has 1 aromatic rings. The summed E-state index contributed by atoms with van der Waals surface area (Å²) in [6.45, 7) is 0. The number of halogens is 1. The number of nitrogens with zero attached hydrogens (tertiary/aromatic N) is 2. The van der Waals surface area contributed by atoms with Crippen LogP contribution in [0.2, 0.25) is 0 Å². The largest absolute Gasteiger partial charge is 0.357 e. The third-order valence-electron chi connectivity index (χ3n) is 2.45. The highest BCUT2D eigenvalue weighted by Gasteiger charge is 2.24. The summed E-state index contributed by atoms with van der Waals surface area (Å²) in [6.07, 6.45) is 6.01. The van der Waals surface area contributed by atoms with E-state index in [0.29, 0.717) is 6.04 Å². The number of thioether (sulfide) groups is 1. The highest BCUT2D eigenvalue weighted by Crippen LogP contribution is 2.31. The standard InChI is InChI=1S/C8H12BrN3S2/c1-13-6-3-2-5(4-6)10-8-12-11-7(9)14-8/h5-6H,2-4H2,1H3,(H,10,12). The lowest BCUT2D eigenvalue weighted by Crippen LogP contribution is -2.15. The Morgan fingerprint density at radius 1 is 1.50 bits per heavy atom. The Hall–Kier alpha value is 0.190. The maximum Gasteiger partial charge on any atom is 0.206 e. The van der Waals surface area contributed by atoms with Crippen molar-refractivity contribution in [2.24, 2.45) is 0 Å². The lowest BCUT2D eigenvalue weighted by molar-refractivity contribution is 0.753. The lowest BCUT2D eigenvalue weighted by Gasteiger charge is -2.10. The molecule has 78 valence electrons. The van der Waals surface area contributed by atoms with Gasteiger partial charge >= 0.3 is 0 Å². The first kappa shape index (κ1) is 10.7. The van der Waals surface area contributed by atoms with E-state index in [9.17, 15) is 0 Å². The molecule has 0 saturated heterocycles. The molecule has 1 aliphatic rings. The molecule has 0 radical (unpaired) electrons. The van der Waals surface area contributed by atoms with Gasteiger partial charge in [0.1, 0.15) is 0 Å². The van der Waals surface area contributed by atoms with Crippen molar-refractivity contribution < 1.29 is 0 Å². The Bertz CT molecular complexity index is 305. The number of aromatic nitrogens is 2. The van der Waals surface area contributed by atoms with Crippen molar-refractivity contribution in [2.75, 3.05) is 11.6 Å². The van der Waals surface area contributed by atoms with Gasteiger partial charge < -0.3 is 5.32 Å². The van der Waals surface area contributed by atoms with E-state index in [0.717, 1.165) is 14.3 Å². The van der Waals surface area contributed by atoms with E-state index in [1.807, 2.05) is 11.8 Å². The van der Waals surface area contributed by atoms with Crippen LogP contribution in [0.1, 0.15) is 19.3 Å². The van der Waals surface area contributed by atoms with Gasteiger partial charge in [0.05, 0.1) is 0 Å². The molecule has 2 unspecified atom stereocenters. The zero-order valence-electron chi connectivity index (χ0n) is 7.86. The molecule has 0 amide bonds. The van der Waals surface area contributed by atoms with Gasteiger partial charge in [0.2, 0.25) is 5.13 Å². The van der Waals surface area contributed by atoms with Gasteiger partial charge in [-0.15, -0.1) is 10.2 Å². The summed E-state index contributed by atoms with van der Waals surface area (Å²) < 4.78 is 0.847. The summed E-state index contributed by atoms with van der Waals surface area (Å²) in [5.41, 5.74) is 0. The molecule has 1 heterocycles. The van der Waals surface area contributed by atoms with Crippen molar-refractivity contribution in [1.29, 1.82) is 0 Å². The second-order valence-electron chi connectivity index (χ2n) is 3.37. The maximum atomic E-state index is 4.03. The molecule has 1 aromatic heterocycles. The lowest BCUT2D eigenvalue weighted by atomic mass is 10.3. The van der Waals surface area contributed by atoms with Crippen LogP contribution in [0.4, 0.5) is 5.13 Å². The molecule has 0 spiro atoms. The summed E-state index contributed by atoms with van der Waals surface area (Å²) >= 11 is 6.84. The van der Waals surface area contributed by atoms with E-state index in [4.69, 9.17) is 0 Å². The first-order chi connectivity index (χ1) is 6.78. The molecule has 1 saturated carbocycles. The second kappa shape index (κ2) is 4.81. The fourth-order valence-electron chi connectivity index (χ4n) is 1.72. The van der Waals surface area contributed by atoms with E-state index >= 15 is 0 Å². The Morgan fingerprint density at radius 3 is 2.93 bits per heavy atom. The minimum atomic E-state index is 0.590. The number of hydrogen-bond acceptors (Lipinski definition) is 5. The fourth-order valence-corrected chi connectivity index (χ4v) is 3.61. The van der Waals surface area contributed by atoms with E-state index in [-0.39, 0.29) is 0 Å². The van der Waals surface area contributed by atoms with Crippen molar-refractivity contribution in [2.45, 2.75) is 30.6 Å². The van der Waals surface area contributed by atoms with Gasteiger partial charge in [-0.05, 0) is 41.4 Å². The highest BCUT2D eigenvalue weighted by molar-refractivity contribution is 9.11. The zero-order valence-corrected chi connectivity index (χ0v) is 11.1. The smallest absolute Gasteiger partial charge is 0.206 e. The van der Waals surface area contributed by atoms with Crippen LogP contribution in [0.25, 0.3) is 0 Å². The van der Waals surface area contributed by atoms with Crippen LogP contribution in [0.3, 0.4) is 0 Å². The molecule has 2 rings (SSSR count). The number of rotatable bonds is 3. The van der Waals surface area contributed by atoms with Crippen molar-refractivity contribution >= 4 is 44.2 Å². The average Bonchev–Trinajstić information content (AvgIpc) is 2.76. The van der Waals surface area contributed by atoms with Crippen LogP contribution in [-0.4, -0.2) is 27.7 Å². The highest BCUT2D eigenvalue weighted by atomic mass is 79.9. The number of nitrogens with one attached hydrogen (secondary N) is 1. The summed E-state index contributed by atoms with van der Waals surface area (Å²) in [5, 5.41) is 13.1. The van der Waals surface area contributed by atoms with Gasteiger partial charge in [-0.25, -0.2) is 0 Å². The van der Waals surface area contributed by atoms with Crippen LogP contribution in [0.5, 0.6) is 0 Å². The van der Waals surface area contributed by atoms with Crippen LogP contribution in [0, 0.1) is 0 Å². The molecule has 1 fully saturated rings. The van der Waals surface area contributed by atoms with Crippen molar-refractivity contribution in [3.8, 4) is 0 Å². The molecule has 6 heteroatoms. The minimum absolute atomic E-state index is 0.590. The number of hydrogen-bond donors (Lipinski definition) is 1. The third-order valence-corrected chi connectivity index (χ3v) is 4.83. The molecule has 0 aromatic carbocycles. The van der Waals surface area contributed by atoms with Gasteiger partial charge in [-0.2, -0.15) is 11.8 Å². The Morgan fingerprint density at radius 2 is 2.36 bits per heavy atom. The van der Waals surface area contributed by atoms with Crippen molar-refractivity contribution in [3.63, 3.8) is 0 Å². The second-order valence-corrected chi connectivity index (χ2v) is 6.76. The molecule has 0 bridgehead atoms. The average molecular weight is 294 g/mol. The minimum Gasteiger partial charge on any atom is -0.357 e. The predicted octanol–water partition coefficient (Wildman–Crippen LogP) is 3.00. The number of anilines is 1. The first-order valence-corrected chi connectivity index (χ1v) is 7.46. The van der Waals surface area contributed by atoms with E-state index in [2.05, 4.69) is 37.7 Å². The molecule has 3 nitrogen and oxygen atoms in total. The quantitative estimate of drug-likeness (QED) is 0.930. The fraction of sp³-hybridized carbons (Fsp3) is 0.750. The van der Waals surface area contributed by atoms with Gasteiger partial charge in [0.15, 0.2) is 3.92 Å². The Balaban J connectivity index is 1.87. The molecule has 0 aliphatic heterocycles. The maximum absolute atomic E-state index is 4.03. The SMILES string of the molecule is CSC1CCC(Nc2nnc(Br)s2)C1. The van der Waals surface area contributed by atoms with Crippen LogP contribution >= 0.6 is 39.0 Å². The summed E-state index contributed by atoms with van der Waals surface area (Å²) in [5.74, 6) is 0. The molecule has 1 aliphatic carbocycles. The van der Waals surface area contributed by atoms with Gasteiger partial charge in [-0.3, -0.25) is 0 Å². The van der Waals surface area contributed by atoms with Crippen molar-refractivity contribution in [1.82, 2.24) is 10.2 Å². The van der Waals surface area contributed by atoms with E-state index in [1.165, 1.54) is 19.3 Å².